The fourth-order valence-electron chi connectivity index (χ4n) is 2.27. The van der Waals surface area contributed by atoms with Crippen LogP contribution in [0.25, 0.3) is 0 Å². The van der Waals surface area contributed by atoms with E-state index < -0.39 is 0 Å². The summed E-state index contributed by atoms with van der Waals surface area (Å²) in [7, 11) is 1.82. The number of hydrogen-bond donors (Lipinski definition) is 1. The number of likely N-dealkylation sites (N-methyl/N-ethyl adjacent to an activating group) is 1. The van der Waals surface area contributed by atoms with Gasteiger partial charge in [0.15, 0.2) is 0 Å². The molecule has 1 amide bonds. The maximum atomic E-state index is 12.3. The Kier molecular flexibility index (Phi) is 3.59. The zero-order chi connectivity index (χ0) is 12.3. The van der Waals surface area contributed by atoms with E-state index in [1.54, 1.807) is 11.0 Å². The van der Waals surface area contributed by atoms with E-state index in [1.165, 1.54) is 5.56 Å². The third-order valence-electron chi connectivity index (χ3n) is 3.17. The van der Waals surface area contributed by atoms with Gasteiger partial charge in [-0.2, -0.15) is 0 Å². The van der Waals surface area contributed by atoms with Gasteiger partial charge in [0.05, 0.1) is 5.92 Å². The van der Waals surface area contributed by atoms with Gasteiger partial charge >= 0.3 is 0 Å². The summed E-state index contributed by atoms with van der Waals surface area (Å²) < 4.78 is 0. The van der Waals surface area contributed by atoms with Crippen molar-refractivity contribution in [1.29, 1.82) is 0 Å². The van der Waals surface area contributed by atoms with Crippen LogP contribution in [0.4, 0.5) is 0 Å². The van der Waals surface area contributed by atoms with E-state index in [0.717, 1.165) is 18.7 Å². The molecule has 1 aliphatic heterocycles. The highest BCUT2D eigenvalue weighted by Gasteiger charge is 2.27. The van der Waals surface area contributed by atoms with Crippen molar-refractivity contribution in [3.8, 4) is 0 Å². The van der Waals surface area contributed by atoms with E-state index in [-0.39, 0.29) is 11.8 Å². The van der Waals surface area contributed by atoms with Crippen LogP contribution in [0.5, 0.6) is 0 Å². The fraction of sp³-hybridized carbons (Fsp3) is 0.357. The molecule has 0 saturated heterocycles. The standard InChI is InChI=1S/C14H18N2O/c1-3-8-16(2)14(17)13-10-15-9-11-6-4-5-7-12(11)13/h3-7,13,15H,1,8-10H2,2H3. The van der Waals surface area contributed by atoms with Gasteiger partial charge in [0.25, 0.3) is 0 Å². The number of carbonyl (C=O) groups is 1. The van der Waals surface area contributed by atoms with E-state index >= 15 is 0 Å². The van der Waals surface area contributed by atoms with Crippen LogP contribution in [0.3, 0.4) is 0 Å². The van der Waals surface area contributed by atoms with Crippen molar-refractivity contribution in [2.75, 3.05) is 20.1 Å². The molecule has 3 nitrogen and oxygen atoms in total. The van der Waals surface area contributed by atoms with Gasteiger partial charge in [0, 0.05) is 26.7 Å². The second kappa shape index (κ2) is 5.15. The molecular weight excluding hydrogens is 212 g/mol. The highest BCUT2D eigenvalue weighted by atomic mass is 16.2. The van der Waals surface area contributed by atoms with Gasteiger partial charge in [0.2, 0.25) is 5.91 Å². The van der Waals surface area contributed by atoms with Crippen LogP contribution in [0.2, 0.25) is 0 Å². The number of nitrogens with one attached hydrogen (secondary N) is 1. The van der Waals surface area contributed by atoms with E-state index in [2.05, 4.69) is 24.0 Å². The quantitative estimate of drug-likeness (QED) is 0.798. The lowest BCUT2D eigenvalue weighted by atomic mass is 9.90. The van der Waals surface area contributed by atoms with Gasteiger partial charge in [0.1, 0.15) is 0 Å². The molecule has 3 heteroatoms. The Hall–Kier alpha value is -1.61. The van der Waals surface area contributed by atoms with Gasteiger partial charge < -0.3 is 10.2 Å². The fourth-order valence-corrected chi connectivity index (χ4v) is 2.27. The summed E-state index contributed by atoms with van der Waals surface area (Å²) in [5.74, 6) is 0.0921. The highest BCUT2D eigenvalue weighted by Crippen LogP contribution is 2.25. The lowest BCUT2D eigenvalue weighted by molar-refractivity contribution is -0.131. The third kappa shape index (κ3) is 2.39. The van der Waals surface area contributed by atoms with Crippen LogP contribution in [0.1, 0.15) is 17.0 Å². The topological polar surface area (TPSA) is 32.3 Å². The first-order chi connectivity index (χ1) is 8.24. The lowest BCUT2D eigenvalue weighted by Crippen LogP contribution is -2.39. The summed E-state index contributed by atoms with van der Waals surface area (Å²) in [6.07, 6.45) is 1.75. The Morgan fingerprint density at radius 3 is 3.12 bits per heavy atom. The van der Waals surface area contributed by atoms with E-state index in [1.807, 2.05) is 19.2 Å². The molecule has 90 valence electrons. The lowest BCUT2D eigenvalue weighted by Gasteiger charge is -2.28. The molecule has 1 heterocycles. The van der Waals surface area contributed by atoms with Crippen LogP contribution in [-0.2, 0) is 11.3 Å². The zero-order valence-corrected chi connectivity index (χ0v) is 10.1. The molecule has 0 aromatic heterocycles. The summed E-state index contributed by atoms with van der Waals surface area (Å²) in [5.41, 5.74) is 2.39. The maximum Gasteiger partial charge on any atom is 0.231 e. The Morgan fingerprint density at radius 2 is 2.35 bits per heavy atom. The number of hydrogen-bond acceptors (Lipinski definition) is 2. The minimum Gasteiger partial charge on any atom is -0.341 e. The summed E-state index contributed by atoms with van der Waals surface area (Å²) in [5, 5.41) is 3.30. The van der Waals surface area contributed by atoms with Gasteiger partial charge in [-0.15, -0.1) is 6.58 Å². The number of nitrogens with zero attached hydrogens (tertiary/aromatic N) is 1. The molecule has 1 unspecified atom stereocenters. The minimum absolute atomic E-state index is 0.0649. The van der Waals surface area contributed by atoms with Crippen molar-refractivity contribution in [1.82, 2.24) is 10.2 Å². The normalized spacial score (nSPS) is 18.3. The minimum atomic E-state index is -0.0649. The van der Waals surface area contributed by atoms with Crippen LogP contribution in [-0.4, -0.2) is 30.9 Å². The van der Waals surface area contributed by atoms with E-state index in [4.69, 9.17) is 0 Å². The maximum absolute atomic E-state index is 12.3. The monoisotopic (exact) mass is 230 g/mol. The van der Waals surface area contributed by atoms with Crippen molar-refractivity contribution in [2.24, 2.45) is 0 Å². The number of benzene rings is 1. The molecule has 1 aromatic rings. The molecule has 0 bridgehead atoms. The van der Waals surface area contributed by atoms with Gasteiger partial charge in [-0.3, -0.25) is 4.79 Å². The molecule has 1 aromatic carbocycles. The molecule has 0 aliphatic carbocycles. The van der Waals surface area contributed by atoms with Gasteiger partial charge in [-0.05, 0) is 11.1 Å². The molecule has 0 saturated carbocycles. The molecule has 1 aliphatic rings. The predicted molar refractivity (Wildman–Crippen MR) is 68.7 cm³/mol. The molecule has 1 N–H and O–H groups in total. The first-order valence-electron chi connectivity index (χ1n) is 5.88. The summed E-state index contributed by atoms with van der Waals surface area (Å²) in [6, 6.07) is 8.15. The van der Waals surface area contributed by atoms with E-state index in [0.29, 0.717) is 6.54 Å². The van der Waals surface area contributed by atoms with Crippen molar-refractivity contribution in [3.63, 3.8) is 0 Å². The Labute approximate surface area is 102 Å². The average molecular weight is 230 g/mol. The molecule has 0 fully saturated rings. The molecule has 0 spiro atoms. The van der Waals surface area contributed by atoms with Crippen molar-refractivity contribution < 1.29 is 4.79 Å². The summed E-state index contributed by atoms with van der Waals surface area (Å²) >= 11 is 0. The third-order valence-corrected chi connectivity index (χ3v) is 3.17. The summed E-state index contributed by atoms with van der Waals surface area (Å²) in [6.45, 7) is 5.83. The number of rotatable bonds is 3. The molecule has 17 heavy (non-hydrogen) atoms. The second-order valence-corrected chi connectivity index (χ2v) is 4.39. The Morgan fingerprint density at radius 1 is 1.59 bits per heavy atom. The first kappa shape index (κ1) is 11.9. The van der Waals surface area contributed by atoms with Crippen LogP contribution in [0.15, 0.2) is 36.9 Å². The first-order valence-corrected chi connectivity index (χ1v) is 5.88. The molecule has 2 rings (SSSR count). The number of amides is 1. The molecule has 0 radical (unpaired) electrons. The smallest absolute Gasteiger partial charge is 0.231 e. The van der Waals surface area contributed by atoms with E-state index in [9.17, 15) is 4.79 Å². The van der Waals surface area contributed by atoms with Gasteiger partial charge in [-0.25, -0.2) is 0 Å². The molecular formula is C14H18N2O. The second-order valence-electron chi connectivity index (χ2n) is 4.39. The van der Waals surface area contributed by atoms with Crippen LogP contribution < -0.4 is 5.32 Å². The van der Waals surface area contributed by atoms with Gasteiger partial charge in [-0.1, -0.05) is 30.3 Å². The average Bonchev–Trinajstić information content (AvgIpc) is 2.37. The SMILES string of the molecule is C=CCN(C)C(=O)C1CNCc2ccccc21. The Balaban J connectivity index is 2.23. The number of fused-ring (bicyclic) bond motifs is 1. The van der Waals surface area contributed by atoms with Crippen molar-refractivity contribution in [2.45, 2.75) is 12.5 Å². The predicted octanol–water partition coefficient (Wildman–Crippen LogP) is 1.52. The largest absolute Gasteiger partial charge is 0.341 e. The Bertz CT molecular complexity index is 428. The van der Waals surface area contributed by atoms with Crippen molar-refractivity contribution >= 4 is 5.91 Å². The van der Waals surface area contributed by atoms with Crippen LogP contribution in [0, 0.1) is 0 Å². The van der Waals surface area contributed by atoms with Crippen molar-refractivity contribution in [3.05, 3.63) is 48.0 Å². The molecule has 1 atom stereocenters. The highest BCUT2D eigenvalue weighted by molar-refractivity contribution is 5.84. The van der Waals surface area contributed by atoms with Crippen LogP contribution >= 0.6 is 0 Å². The zero-order valence-electron chi connectivity index (χ0n) is 10.1. The number of carbonyl (C=O) groups excluding carboxylic acids is 1. The summed E-state index contributed by atoms with van der Waals surface area (Å²) in [4.78, 5) is 14.0.